The number of nitrogens with zero attached hydrogens (tertiary/aromatic N) is 1. The van der Waals surface area contributed by atoms with Gasteiger partial charge in [-0.2, -0.15) is 11.3 Å². The van der Waals surface area contributed by atoms with E-state index in [1.807, 2.05) is 53.2 Å². The van der Waals surface area contributed by atoms with Crippen molar-refractivity contribution in [2.45, 2.75) is 6.54 Å². The second-order valence-electron chi connectivity index (χ2n) is 6.29. The molecule has 0 radical (unpaired) electrons. The molecule has 0 aliphatic rings. The third-order valence-electron chi connectivity index (χ3n) is 4.25. The molecule has 0 bridgehead atoms. The number of fused-ring (bicyclic) bond motifs is 1. The summed E-state index contributed by atoms with van der Waals surface area (Å²) in [5.74, 6) is 0.0159. The number of esters is 1. The Bertz CT molecular complexity index is 995. The molecule has 28 heavy (non-hydrogen) atoms. The second-order valence-corrected chi connectivity index (χ2v) is 7.07. The number of carbonyl (C=O) groups is 2. The Hall–Kier alpha value is -3.12. The lowest BCUT2D eigenvalue weighted by Gasteiger charge is -2.17. The Kier molecular flexibility index (Phi) is 6.45. The van der Waals surface area contributed by atoms with Crippen LogP contribution in [0.15, 0.2) is 59.3 Å². The molecule has 3 rings (SSSR count). The van der Waals surface area contributed by atoms with E-state index >= 15 is 0 Å². The maximum absolute atomic E-state index is 12.2. The molecule has 0 aliphatic heterocycles. The first kappa shape index (κ1) is 19.6. The summed E-state index contributed by atoms with van der Waals surface area (Å²) in [5.41, 5.74) is 1.93. The molecule has 0 aliphatic carbocycles. The molecule has 0 fully saturated rings. The fraction of sp³-hybridized carbons (Fsp3) is 0.182. The number of rotatable bonds is 7. The van der Waals surface area contributed by atoms with Gasteiger partial charge < -0.3 is 14.4 Å². The molecular formula is C22H21NO4S. The van der Waals surface area contributed by atoms with E-state index in [2.05, 4.69) is 0 Å². The summed E-state index contributed by atoms with van der Waals surface area (Å²) in [7, 11) is 3.33. The lowest BCUT2D eigenvalue weighted by Crippen LogP contribution is -2.30. The fourth-order valence-corrected chi connectivity index (χ4v) is 3.31. The monoisotopic (exact) mass is 395 g/mol. The predicted molar refractivity (Wildman–Crippen MR) is 111 cm³/mol. The Balaban J connectivity index is 1.53. The molecule has 6 heteroatoms. The molecule has 1 aromatic heterocycles. The first-order valence-electron chi connectivity index (χ1n) is 8.73. The predicted octanol–water partition coefficient (Wildman–Crippen LogP) is 4.12. The van der Waals surface area contributed by atoms with Gasteiger partial charge in [0.1, 0.15) is 5.75 Å². The minimum atomic E-state index is -0.535. The van der Waals surface area contributed by atoms with Crippen LogP contribution in [0.25, 0.3) is 16.8 Å². The average Bonchev–Trinajstić information content (AvgIpc) is 3.23. The van der Waals surface area contributed by atoms with Crippen LogP contribution < -0.4 is 4.74 Å². The molecule has 1 heterocycles. The van der Waals surface area contributed by atoms with E-state index in [-0.39, 0.29) is 12.5 Å². The topological polar surface area (TPSA) is 55.8 Å². The van der Waals surface area contributed by atoms with Crippen molar-refractivity contribution in [2.75, 3.05) is 20.8 Å². The van der Waals surface area contributed by atoms with Crippen LogP contribution in [-0.2, 0) is 20.9 Å². The highest BCUT2D eigenvalue weighted by atomic mass is 32.1. The zero-order valence-electron chi connectivity index (χ0n) is 15.8. The first-order chi connectivity index (χ1) is 13.5. The normalized spacial score (nSPS) is 10.9. The van der Waals surface area contributed by atoms with Crippen LogP contribution in [-0.4, -0.2) is 37.5 Å². The fourth-order valence-electron chi connectivity index (χ4n) is 2.69. The van der Waals surface area contributed by atoms with Gasteiger partial charge in [0.25, 0.3) is 5.91 Å². The smallest absolute Gasteiger partial charge is 0.331 e. The van der Waals surface area contributed by atoms with E-state index in [1.54, 1.807) is 36.5 Å². The van der Waals surface area contributed by atoms with Crippen LogP contribution in [0.3, 0.4) is 0 Å². The van der Waals surface area contributed by atoms with E-state index in [4.69, 9.17) is 9.47 Å². The van der Waals surface area contributed by atoms with Gasteiger partial charge in [-0.05, 0) is 63.0 Å². The van der Waals surface area contributed by atoms with Crippen molar-refractivity contribution < 1.29 is 19.1 Å². The van der Waals surface area contributed by atoms with Crippen molar-refractivity contribution in [3.8, 4) is 5.75 Å². The molecular weight excluding hydrogens is 374 g/mol. The molecule has 0 saturated carbocycles. The Labute approximate surface area is 167 Å². The Morgan fingerprint density at radius 2 is 1.89 bits per heavy atom. The maximum atomic E-state index is 12.2. The van der Waals surface area contributed by atoms with E-state index in [1.165, 1.54) is 6.08 Å². The molecule has 0 unspecified atom stereocenters. The lowest BCUT2D eigenvalue weighted by atomic mass is 10.1. The minimum absolute atomic E-state index is 0.257. The third-order valence-corrected chi connectivity index (χ3v) is 4.95. The van der Waals surface area contributed by atoms with Gasteiger partial charge in [-0.1, -0.05) is 18.2 Å². The van der Waals surface area contributed by atoms with Crippen molar-refractivity contribution in [3.63, 3.8) is 0 Å². The van der Waals surface area contributed by atoms with Gasteiger partial charge in [-0.15, -0.1) is 0 Å². The summed E-state index contributed by atoms with van der Waals surface area (Å²) in [4.78, 5) is 25.5. The van der Waals surface area contributed by atoms with Crippen LogP contribution in [0.1, 0.15) is 11.1 Å². The molecule has 0 spiro atoms. The third kappa shape index (κ3) is 5.20. The van der Waals surface area contributed by atoms with Gasteiger partial charge >= 0.3 is 5.97 Å². The van der Waals surface area contributed by atoms with Gasteiger partial charge in [-0.25, -0.2) is 4.79 Å². The lowest BCUT2D eigenvalue weighted by molar-refractivity contribution is -0.147. The van der Waals surface area contributed by atoms with Crippen molar-refractivity contribution in [3.05, 3.63) is 70.4 Å². The zero-order valence-corrected chi connectivity index (χ0v) is 16.6. The second kappa shape index (κ2) is 9.19. The highest BCUT2D eigenvalue weighted by Crippen LogP contribution is 2.22. The quantitative estimate of drug-likeness (QED) is 0.446. The first-order valence-corrected chi connectivity index (χ1v) is 9.67. The molecule has 0 N–H and O–H groups in total. The molecule has 0 saturated heterocycles. The summed E-state index contributed by atoms with van der Waals surface area (Å²) in [5, 5.41) is 5.99. The van der Waals surface area contributed by atoms with Crippen molar-refractivity contribution in [1.29, 1.82) is 0 Å². The molecule has 5 nitrogen and oxygen atoms in total. The van der Waals surface area contributed by atoms with Gasteiger partial charge in [-0.3, -0.25) is 4.79 Å². The summed E-state index contributed by atoms with van der Waals surface area (Å²) >= 11 is 1.55. The van der Waals surface area contributed by atoms with Gasteiger partial charge in [0.2, 0.25) is 0 Å². The van der Waals surface area contributed by atoms with Crippen LogP contribution in [0, 0.1) is 0 Å². The number of likely N-dealkylation sites (N-methyl/N-ethyl adjacent to an activating group) is 1. The molecule has 1 amide bonds. The Morgan fingerprint density at radius 3 is 2.64 bits per heavy atom. The number of thiophene rings is 1. The van der Waals surface area contributed by atoms with Gasteiger partial charge in [0.15, 0.2) is 6.61 Å². The molecule has 3 aromatic rings. The zero-order chi connectivity index (χ0) is 19.9. The van der Waals surface area contributed by atoms with Crippen LogP contribution in [0.2, 0.25) is 0 Å². The van der Waals surface area contributed by atoms with E-state index in [0.29, 0.717) is 6.54 Å². The SMILES string of the molecule is COc1ccc2cc(CN(C)C(=O)COC(=O)/C=C/c3ccsc3)ccc2c1. The molecule has 0 atom stereocenters. The molecule has 144 valence electrons. The highest BCUT2D eigenvalue weighted by molar-refractivity contribution is 7.08. The summed E-state index contributed by atoms with van der Waals surface area (Å²) < 4.78 is 10.3. The molecule has 2 aromatic carbocycles. The van der Waals surface area contributed by atoms with Crippen molar-refractivity contribution in [2.24, 2.45) is 0 Å². The van der Waals surface area contributed by atoms with Crippen LogP contribution >= 0.6 is 11.3 Å². The van der Waals surface area contributed by atoms with Crippen molar-refractivity contribution >= 4 is 40.1 Å². The van der Waals surface area contributed by atoms with Crippen molar-refractivity contribution in [1.82, 2.24) is 4.90 Å². The largest absolute Gasteiger partial charge is 0.497 e. The van der Waals surface area contributed by atoms with Crippen LogP contribution in [0.5, 0.6) is 5.75 Å². The van der Waals surface area contributed by atoms with E-state index in [9.17, 15) is 9.59 Å². The maximum Gasteiger partial charge on any atom is 0.331 e. The van der Waals surface area contributed by atoms with Gasteiger partial charge in [0.05, 0.1) is 7.11 Å². The van der Waals surface area contributed by atoms with E-state index in [0.717, 1.165) is 27.6 Å². The number of ether oxygens (including phenoxy) is 2. The number of hydrogen-bond donors (Lipinski definition) is 0. The summed E-state index contributed by atoms with van der Waals surface area (Å²) in [6.07, 6.45) is 2.99. The number of carbonyl (C=O) groups excluding carboxylic acids is 2. The number of methoxy groups -OCH3 is 1. The van der Waals surface area contributed by atoms with Gasteiger partial charge in [0, 0.05) is 19.7 Å². The highest BCUT2D eigenvalue weighted by Gasteiger charge is 2.12. The number of benzene rings is 2. The van der Waals surface area contributed by atoms with E-state index < -0.39 is 5.97 Å². The minimum Gasteiger partial charge on any atom is -0.497 e. The number of hydrogen-bond acceptors (Lipinski definition) is 5. The standard InChI is InChI=1S/C22H21NO4S/c1-23(21(24)14-27-22(25)8-4-16-9-10-28-15-16)13-17-3-5-19-12-20(26-2)7-6-18(19)11-17/h3-12,15H,13-14H2,1-2H3/b8-4+. The summed E-state index contributed by atoms with van der Waals surface area (Å²) in [6, 6.07) is 13.8. The van der Waals surface area contributed by atoms with Crippen LogP contribution in [0.4, 0.5) is 0 Å². The average molecular weight is 395 g/mol. The number of amides is 1. The Morgan fingerprint density at radius 1 is 1.11 bits per heavy atom. The summed E-state index contributed by atoms with van der Waals surface area (Å²) in [6.45, 7) is 0.150.